The molecule has 1 N–H and O–H groups in total. The molecule has 0 saturated heterocycles. The molecule has 106 valence electrons. The van der Waals surface area contributed by atoms with Crippen molar-refractivity contribution in [2.24, 2.45) is 5.41 Å². The molecule has 2 aliphatic carbocycles. The molecule has 0 aromatic heterocycles. The van der Waals surface area contributed by atoms with Gasteiger partial charge in [0.15, 0.2) is 5.78 Å². The Bertz CT molecular complexity index is 548. The summed E-state index contributed by atoms with van der Waals surface area (Å²) in [6.07, 6.45) is 4.61. The zero-order valence-electron chi connectivity index (χ0n) is 12.2. The van der Waals surface area contributed by atoms with E-state index in [0.717, 1.165) is 24.8 Å². The van der Waals surface area contributed by atoms with Gasteiger partial charge in [-0.25, -0.2) is 0 Å². The highest BCUT2D eigenvalue weighted by Crippen LogP contribution is 2.52. The van der Waals surface area contributed by atoms with E-state index in [-0.39, 0.29) is 11.2 Å². The van der Waals surface area contributed by atoms with Crippen LogP contribution in [0.25, 0.3) is 0 Å². The van der Waals surface area contributed by atoms with Gasteiger partial charge in [-0.1, -0.05) is 44.2 Å². The van der Waals surface area contributed by atoms with Crippen molar-refractivity contribution in [3.8, 4) is 0 Å². The van der Waals surface area contributed by atoms with Crippen LogP contribution in [0.4, 0.5) is 0 Å². The first-order valence-corrected chi connectivity index (χ1v) is 7.39. The standard InChI is InChI=1S/C18H22O2/c1-17(2)11-15(8-16(19)12-17)18(20)9-14(10-18)13-6-4-3-5-7-13/h3-8,14,20H,9-12H2,1-2H3. The smallest absolute Gasteiger partial charge is 0.156 e. The van der Waals surface area contributed by atoms with Crippen molar-refractivity contribution < 1.29 is 9.90 Å². The summed E-state index contributed by atoms with van der Waals surface area (Å²) in [6.45, 7) is 4.21. The third-order valence-corrected chi connectivity index (χ3v) is 4.69. The van der Waals surface area contributed by atoms with E-state index in [1.165, 1.54) is 5.56 Å². The van der Waals surface area contributed by atoms with Crippen molar-refractivity contribution >= 4 is 5.78 Å². The minimum absolute atomic E-state index is 0.0191. The Morgan fingerprint density at radius 2 is 1.75 bits per heavy atom. The van der Waals surface area contributed by atoms with Gasteiger partial charge in [-0.05, 0) is 47.8 Å². The summed E-state index contributed by atoms with van der Waals surface area (Å²) in [5, 5.41) is 10.8. The number of allylic oxidation sites excluding steroid dienone is 1. The van der Waals surface area contributed by atoms with E-state index in [1.807, 2.05) is 18.2 Å². The van der Waals surface area contributed by atoms with Crippen molar-refractivity contribution in [2.75, 3.05) is 0 Å². The molecule has 0 unspecified atom stereocenters. The minimum atomic E-state index is -0.756. The van der Waals surface area contributed by atoms with Crippen LogP contribution >= 0.6 is 0 Å². The van der Waals surface area contributed by atoms with Crippen molar-refractivity contribution in [1.29, 1.82) is 0 Å². The van der Waals surface area contributed by atoms with E-state index >= 15 is 0 Å². The van der Waals surface area contributed by atoms with Gasteiger partial charge in [0.1, 0.15) is 0 Å². The largest absolute Gasteiger partial charge is 0.385 e. The fourth-order valence-corrected chi connectivity index (χ4v) is 3.62. The Hall–Kier alpha value is -1.41. The maximum Gasteiger partial charge on any atom is 0.156 e. The fourth-order valence-electron chi connectivity index (χ4n) is 3.62. The number of aliphatic hydroxyl groups is 1. The highest BCUT2D eigenvalue weighted by molar-refractivity contribution is 5.92. The fraction of sp³-hybridized carbons (Fsp3) is 0.500. The van der Waals surface area contributed by atoms with Crippen molar-refractivity contribution in [3.63, 3.8) is 0 Å². The molecule has 0 heterocycles. The van der Waals surface area contributed by atoms with Crippen molar-refractivity contribution in [2.45, 2.75) is 51.0 Å². The highest BCUT2D eigenvalue weighted by atomic mass is 16.3. The van der Waals surface area contributed by atoms with Gasteiger partial charge in [0.25, 0.3) is 0 Å². The maximum atomic E-state index is 11.8. The van der Waals surface area contributed by atoms with Gasteiger partial charge < -0.3 is 5.11 Å². The van der Waals surface area contributed by atoms with Crippen LogP contribution < -0.4 is 0 Å². The van der Waals surface area contributed by atoms with Crippen LogP contribution in [0.3, 0.4) is 0 Å². The summed E-state index contributed by atoms with van der Waals surface area (Å²) in [5.74, 6) is 0.579. The van der Waals surface area contributed by atoms with E-state index in [2.05, 4.69) is 26.0 Å². The summed E-state index contributed by atoms with van der Waals surface area (Å²) in [6, 6.07) is 10.3. The molecule has 1 fully saturated rings. The van der Waals surface area contributed by atoms with Crippen molar-refractivity contribution in [1.82, 2.24) is 0 Å². The lowest BCUT2D eigenvalue weighted by Gasteiger charge is -2.48. The first kappa shape index (κ1) is 13.6. The average Bonchev–Trinajstić information content (AvgIpc) is 2.33. The molecule has 0 aliphatic heterocycles. The van der Waals surface area contributed by atoms with Gasteiger partial charge in [-0.2, -0.15) is 0 Å². The zero-order chi connectivity index (χ0) is 14.4. The minimum Gasteiger partial charge on any atom is -0.385 e. The Balaban J connectivity index is 1.75. The van der Waals surface area contributed by atoms with Crippen LogP contribution in [0.5, 0.6) is 0 Å². The molecule has 1 aromatic carbocycles. The van der Waals surface area contributed by atoms with Crippen LogP contribution in [0.15, 0.2) is 42.0 Å². The Labute approximate surface area is 120 Å². The zero-order valence-corrected chi connectivity index (χ0v) is 12.2. The van der Waals surface area contributed by atoms with Gasteiger partial charge in [-0.15, -0.1) is 0 Å². The average molecular weight is 270 g/mol. The van der Waals surface area contributed by atoms with Gasteiger partial charge in [0.2, 0.25) is 0 Å². The normalized spacial score (nSPS) is 32.5. The highest BCUT2D eigenvalue weighted by Gasteiger charge is 2.48. The molecule has 0 amide bonds. The predicted molar refractivity (Wildman–Crippen MR) is 79.5 cm³/mol. The third kappa shape index (κ3) is 2.45. The second kappa shape index (κ2) is 4.56. The van der Waals surface area contributed by atoms with Crippen LogP contribution in [0.2, 0.25) is 0 Å². The summed E-state index contributed by atoms with van der Waals surface area (Å²) < 4.78 is 0. The lowest BCUT2D eigenvalue weighted by Crippen LogP contribution is -2.46. The number of hydrogen-bond donors (Lipinski definition) is 1. The monoisotopic (exact) mass is 270 g/mol. The third-order valence-electron chi connectivity index (χ3n) is 4.69. The molecule has 2 nitrogen and oxygen atoms in total. The quantitative estimate of drug-likeness (QED) is 0.891. The summed E-state index contributed by atoms with van der Waals surface area (Å²) in [5.41, 5.74) is 1.47. The number of carbonyl (C=O) groups excluding carboxylic acids is 1. The summed E-state index contributed by atoms with van der Waals surface area (Å²) >= 11 is 0. The maximum absolute atomic E-state index is 11.8. The number of rotatable bonds is 2. The van der Waals surface area contributed by atoms with Crippen LogP contribution in [0.1, 0.15) is 51.0 Å². The summed E-state index contributed by atoms with van der Waals surface area (Å²) in [7, 11) is 0. The first-order chi connectivity index (χ1) is 9.38. The molecule has 3 rings (SSSR count). The number of ketones is 1. The number of hydrogen-bond acceptors (Lipinski definition) is 2. The molecular weight excluding hydrogens is 248 g/mol. The van der Waals surface area contributed by atoms with Gasteiger partial charge in [0, 0.05) is 6.42 Å². The number of carbonyl (C=O) groups is 1. The Morgan fingerprint density at radius 1 is 1.10 bits per heavy atom. The first-order valence-electron chi connectivity index (χ1n) is 7.39. The Morgan fingerprint density at radius 3 is 2.35 bits per heavy atom. The lowest BCUT2D eigenvalue weighted by atomic mass is 9.60. The van der Waals surface area contributed by atoms with E-state index in [4.69, 9.17) is 0 Å². The second-order valence-corrected chi connectivity index (χ2v) is 7.20. The van der Waals surface area contributed by atoms with E-state index in [9.17, 15) is 9.90 Å². The van der Waals surface area contributed by atoms with Crippen LogP contribution in [-0.4, -0.2) is 16.5 Å². The van der Waals surface area contributed by atoms with Crippen LogP contribution in [0, 0.1) is 5.41 Å². The second-order valence-electron chi connectivity index (χ2n) is 7.20. The SMILES string of the molecule is CC1(C)CC(=O)C=C(C2(O)CC(c3ccccc3)C2)C1. The van der Waals surface area contributed by atoms with E-state index < -0.39 is 5.60 Å². The molecule has 0 bridgehead atoms. The Kier molecular flexibility index (Phi) is 3.09. The van der Waals surface area contributed by atoms with Gasteiger partial charge >= 0.3 is 0 Å². The molecule has 0 atom stereocenters. The predicted octanol–water partition coefficient (Wildman–Crippen LogP) is 3.61. The van der Waals surface area contributed by atoms with E-state index in [0.29, 0.717) is 12.3 Å². The molecular formula is C18H22O2. The molecule has 2 aliphatic rings. The molecule has 20 heavy (non-hydrogen) atoms. The molecule has 0 radical (unpaired) electrons. The summed E-state index contributed by atoms with van der Waals surface area (Å²) in [4.78, 5) is 11.8. The van der Waals surface area contributed by atoms with Crippen LogP contribution in [-0.2, 0) is 4.79 Å². The van der Waals surface area contributed by atoms with Gasteiger partial charge in [0.05, 0.1) is 5.60 Å². The lowest BCUT2D eigenvalue weighted by molar-refractivity contribution is -0.117. The topological polar surface area (TPSA) is 37.3 Å². The molecule has 0 spiro atoms. The van der Waals surface area contributed by atoms with Gasteiger partial charge in [-0.3, -0.25) is 4.79 Å². The molecule has 1 saturated carbocycles. The number of benzene rings is 1. The molecule has 1 aromatic rings. The van der Waals surface area contributed by atoms with Crippen molar-refractivity contribution in [3.05, 3.63) is 47.5 Å². The van der Waals surface area contributed by atoms with E-state index in [1.54, 1.807) is 6.08 Å². The molecule has 2 heteroatoms.